The van der Waals surface area contributed by atoms with Crippen molar-refractivity contribution in [3.05, 3.63) is 52.8 Å². The van der Waals surface area contributed by atoms with Crippen LogP contribution >= 0.6 is 11.6 Å². The van der Waals surface area contributed by atoms with Crippen LogP contribution < -0.4 is 5.73 Å². The maximum Gasteiger partial charge on any atom is 0.136 e. The topological polar surface area (TPSA) is 26.0 Å². The second-order valence-electron chi connectivity index (χ2n) is 3.48. The van der Waals surface area contributed by atoms with Crippen LogP contribution in [-0.4, -0.2) is 0 Å². The first-order valence-corrected chi connectivity index (χ1v) is 5.07. The monoisotopic (exact) mass is 257 g/mol. The number of halogens is 4. The minimum Gasteiger partial charge on any atom is -0.398 e. The molecule has 17 heavy (non-hydrogen) atoms. The minimum absolute atomic E-state index is 0.186. The van der Waals surface area contributed by atoms with E-state index in [0.29, 0.717) is 17.8 Å². The first-order valence-electron chi connectivity index (χ1n) is 4.69. The van der Waals surface area contributed by atoms with Crippen molar-refractivity contribution >= 4 is 17.3 Å². The molecule has 0 fully saturated rings. The zero-order chi connectivity index (χ0) is 12.6. The molecule has 0 radical (unpaired) electrons. The van der Waals surface area contributed by atoms with Crippen molar-refractivity contribution in [1.29, 1.82) is 0 Å². The molecule has 0 aliphatic heterocycles. The van der Waals surface area contributed by atoms with E-state index in [0.717, 1.165) is 0 Å². The third-order valence-corrected chi connectivity index (χ3v) is 2.62. The Bertz CT molecular complexity index is 561. The van der Waals surface area contributed by atoms with Crippen LogP contribution in [-0.2, 0) is 0 Å². The Kier molecular flexibility index (Phi) is 2.98. The lowest BCUT2D eigenvalue weighted by atomic mass is 10.0. The number of hydrogen-bond donors (Lipinski definition) is 1. The Morgan fingerprint density at radius 2 is 1.53 bits per heavy atom. The molecule has 2 rings (SSSR count). The van der Waals surface area contributed by atoms with Gasteiger partial charge >= 0.3 is 0 Å². The Balaban J connectivity index is 2.64. The Morgan fingerprint density at radius 1 is 0.941 bits per heavy atom. The molecule has 2 aromatic rings. The number of benzene rings is 2. The largest absolute Gasteiger partial charge is 0.398 e. The van der Waals surface area contributed by atoms with E-state index in [2.05, 4.69) is 0 Å². The summed E-state index contributed by atoms with van der Waals surface area (Å²) >= 11 is 5.76. The van der Waals surface area contributed by atoms with Gasteiger partial charge in [0, 0.05) is 12.1 Å². The molecule has 5 heteroatoms. The predicted molar refractivity (Wildman–Crippen MR) is 61.2 cm³/mol. The lowest BCUT2D eigenvalue weighted by Crippen LogP contribution is -1.93. The van der Waals surface area contributed by atoms with Gasteiger partial charge < -0.3 is 5.73 Å². The average Bonchev–Trinajstić information content (AvgIpc) is 2.21. The van der Waals surface area contributed by atoms with Crippen molar-refractivity contribution in [2.75, 3.05) is 5.73 Å². The summed E-state index contributed by atoms with van der Waals surface area (Å²) in [6.45, 7) is 0. The third kappa shape index (κ3) is 2.22. The average molecular weight is 258 g/mol. The Morgan fingerprint density at radius 3 is 2.06 bits per heavy atom. The van der Waals surface area contributed by atoms with Crippen LogP contribution in [0.25, 0.3) is 11.1 Å². The molecule has 0 bridgehead atoms. The summed E-state index contributed by atoms with van der Waals surface area (Å²) in [5.41, 5.74) is 5.67. The van der Waals surface area contributed by atoms with Crippen molar-refractivity contribution in [3.8, 4) is 11.1 Å². The summed E-state index contributed by atoms with van der Waals surface area (Å²) in [5.74, 6) is -2.93. The van der Waals surface area contributed by atoms with Crippen LogP contribution in [0.3, 0.4) is 0 Å². The first-order chi connectivity index (χ1) is 7.99. The SMILES string of the molecule is Nc1ccc(-c2c(F)cc(F)cc2F)cc1Cl. The van der Waals surface area contributed by atoms with Gasteiger partial charge in [-0.2, -0.15) is 0 Å². The molecule has 1 nitrogen and oxygen atoms in total. The summed E-state index contributed by atoms with van der Waals surface area (Å²) in [5, 5.41) is 0.186. The van der Waals surface area contributed by atoms with E-state index in [1.807, 2.05) is 0 Å². The van der Waals surface area contributed by atoms with Crippen LogP contribution in [0, 0.1) is 17.5 Å². The third-order valence-electron chi connectivity index (χ3n) is 2.30. The van der Waals surface area contributed by atoms with Gasteiger partial charge in [-0.25, -0.2) is 13.2 Å². The smallest absolute Gasteiger partial charge is 0.136 e. The van der Waals surface area contributed by atoms with E-state index in [-0.39, 0.29) is 16.1 Å². The summed E-state index contributed by atoms with van der Waals surface area (Å²) in [7, 11) is 0. The van der Waals surface area contributed by atoms with E-state index < -0.39 is 17.5 Å². The highest BCUT2D eigenvalue weighted by molar-refractivity contribution is 6.33. The fourth-order valence-corrected chi connectivity index (χ4v) is 1.68. The van der Waals surface area contributed by atoms with Crippen LogP contribution in [0.15, 0.2) is 30.3 Å². The molecule has 0 aliphatic rings. The van der Waals surface area contributed by atoms with Gasteiger partial charge in [0.1, 0.15) is 17.5 Å². The molecule has 0 amide bonds. The molecule has 0 saturated heterocycles. The molecular formula is C12H7ClF3N. The van der Waals surface area contributed by atoms with Crippen molar-refractivity contribution in [1.82, 2.24) is 0 Å². The predicted octanol–water partition coefficient (Wildman–Crippen LogP) is 4.01. The highest BCUT2D eigenvalue weighted by atomic mass is 35.5. The molecule has 0 aromatic heterocycles. The highest BCUT2D eigenvalue weighted by Crippen LogP contribution is 2.31. The van der Waals surface area contributed by atoms with Gasteiger partial charge in [-0.3, -0.25) is 0 Å². The van der Waals surface area contributed by atoms with E-state index in [9.17, 15) is 13.2 Å². The van der Waals surface area contributed by atoms with Gasteiger partial charge in [0.15, 0.2) is 0 Å². The fraction of sp³-hybridized carbons (Fsp3) is 0. The van der Waals surface area contributed by atoms with Crippen molar-refractivity contribution in [3.63, 3.8) is 0 Å². The number of rotatable bonds is 1. The maximum absolute atomic E-state index is 13.5. The van der Waals surface area contributed by atoms with Gasteiger partial charge in [0.05, 0.1) is 16.3 Å². The van der Waals surface area contributed by atoms with Crippen molar-refractivity contribution in [2.24, 2.45) is 0 Å². The first kappa shape index (κ1) is 11.8. The number of nitrogens with two attached hydrogens (primary N) is 1. The number of anilines is 1. The molecule has 0 heterocycles. The number of nitrogen functional groups attached to an aromatic ring is 1. The highest BCUT2D eigenvalue weighted by Gasteiger charge is 2.14. The van der Waals surface area contributed by atoms with Crippen LogP contribution in [0.1, 0.15) is 0 Å². The van der Waals surface area contributed by atoms with E-state index in [1.165, 1.54) is 18.2 Å². The molecule has 88 valence electrons. The summed E-state index contributed by atoms with van der Waals surface area (Å²) in [6.07, 6.45) is 0. The van der Waals surface area contributed by atoms with E-state index in [4.69, 9.17) is 17.3 Å². The van der Waals surface area contributed by atoms with E-state index in [1.54, 1.807) is 0 Å². The van der Waals surface area contributed by atoms with Crippen LogP contribution in [0.2, 0.25) is 5.02 Å². The lowest BCUT2D eigenvalue weighted by Gasteiger charge is -2.07. The fourth-order valence-electron chi connectivity index (χ4n) is 1.50. The molecule has 0 saturated carbocycles. The Labute approximate surface area is 101 Å². The Hall–Kier alpha value is -1.68. The maximum atomic E-state index is 13.5. The zero-order valence-electron chi connectivity index (χ0n) is 8.48. The standard InChI is InChI=1S/C12H7ClF3N/c13-8-3-6(1-2-11(8)17)12-9(15)4-7(14)5-10(12)16/h1-5H,17H2. The van der Waals surface area contributed by atoms with Crippen LogP contribution in [0.4, 0.5) is 18.9 Å². The molecule has 0 aliphatic carbocycles. The van der Waals surface area contributed by atoms with E-state index >= 15 is 0 Å². The zero-order valence-corrected chi connectivity index (χ0v) is 9.23. The molecule has 0 atom stereocenters. The molecule has 0 unspecified atom stereocenters. The quantitative estimate of drug-likeness (QED) is 0.768. The molecule has 2 aromatic carbocycles. The van der Waals surface area contributed by atoms with Crippen LogP contribution in [0.5, 0.6) is 0 Å². The molecular weight excluding hydrogens is 251 g/mol. The van der Waals surface area contributed by atoms with Crippen molar-refractivity contribution < 1.29 is 13.2 Å². The molecule has 0 spiro atoms. The summed E-state index contributed by atoms with van der Waals surface area (Å²) in [6, 6.07) is 5.40. The van der Waals surface area contributed by atoms with Gasteiger partial charge in [-0.15, -0.1) is 0 Å². The van der Waals surface area contributed by atoms with Crippen molar-refractivity contribution in [2.45, 2.75) is 0 Å². The molecule has 2 N–H and O–H groups in total. The van der Waals surface area contributed by atoms with Gasteiger partial charge in [0.25, 0.3) is 0 Å². The van der Waals surface area contributed by atoms with Gasteiger partial charge in [-0.05, 0) is 17.7 Å². The summed E-state index contributed by atoms with van der Waals surface area (Å²) in [4.78, 5) is 0. The lowest BCUT2D eigenvalue weighted by molar-refractivity contribution is 0.548. The number of hydrogen-bond acceptors (Lipinski definition) is 1. The van der Waals surface area contributed by atoms with Gasteiger partial charge in [0.2, 0.25) is 0 Å². The second kappa shape index (κ2) is 4.30. The minimum atomic E-state index is -0.983. The normalized spacial score (nSPS) is 10.6. The van der Waals surface area contributed by atoms with Gasteiger partial charge in [-0.1, -0.05) is 17.7 Å². The summed E-state index contributed by atoms with van der Waals surface area (Å²) < 4.78 is 39.7. The second-order valence-corrected chi connectivity index (χ2v) is 3.89.